The Hall–Kier alpha value is -4.18. The Kier molecular flexibility index (Phi) is 11.2. The number of amides is 1. The van der Waals surface area contributed by atoms with E-state index >= 15 is 0 Å². The van der Waals surface area contributed by atoms with Crippen molar-refractivity contribution in [3.8, 4) is 0 Å². The molecule has 0 bridgehead atoms. The number of sulfone groups is 1. The number of thiazole rings is 1. The van der Waals surface area contributed by atoms with Gasteiger partial charge < -0.3 is 5.32 Å². The van der Waals surface area contributed by atoms with Crippen LogP contribution in [0.3, 0.4) is 0 Å². The minimum Gasteiger partial charge on any atom is -0.355 e. The largest absolute Gasteiger partial charge is 0.355 e. The van der Waals surface area contributed by atoms with Gasteiger partial charge in [0.05, 0.1) is 21.7 Å². The van der Waals surface area contributed by atoms with Gasteiger partial charge in [0.15, 0.2) is 20.6 Å². The van der Waals surface area contributed by atoms with Crippen LogP contribution in [0.1, 0.15) is 45.8 Å². The molecule has 0 saturated carbocycles. The quantitative estimate of drug-likeness (QED) is 0.0985. The van der Waals surface area contributed by atoms with Crippen molar-refractivity contribution in [2.24, 2.45) is 0 Å². The minimum absolute atomic E-state index is 0.00990. The van der Waals surface area contributed by atoms with Gasteiger partial charge in [0, 0.05) is 26.1 Å². The highest BCUT2D eigenvalue weighted by Crippen LogP contribution is 2.23. The van der Waals surface area contributed by atoms with Crippen molar-refractivity contribution in [3.05, 3.63) is 137 Å². The number of ketones is 1. The molecule has 1 amide bonds. The van der Waals surface area contributed by atoms with Crippen LogP contribution in [0.2, 0.25) is 0 Å². The number of hydrogen-bond acceptors (Lipinski definition) is 7. The number of nitrogens with zero attached hydrogens (tertiary/aromatic N) is 2. The molecule has 9 heteroatoms. The Labute approximate surface area is 268 Å². The van der Waals surface area contributed by atoms with E-state index in [1.165, 1.54) is 11.3 Å². The van der Waals surface area contributed by atoms with Gasteiger partial charge in [-0.15, -0.1) is 11.3 Å². The molecule has 0 aliphatic carbocycles. The summed E-state index contributed by atoms with van der Waals surface area (Å²) in [4.78, 5) is 33.0. The predicted molar refractivity (Wildman–Crippen MR) is 181 cm³/mol. The minimum atomic E-state index is -3.65. The molecule has 0 saturated heterocycles. The lowest BCUT2D eigenvalue weighted by atomic mass is 10.1. The molecule has 1 atom stereocenters. The number of rotatable bonds is 16. The van der Waals surface area contributed by atoms with Gasteiger partial charge in [0.1, 0.15) is 6.04 Å². The predicted octanol–water partition coefficient (Wildman–Crippen LogP) is 6.45. The molecule has 0 aliphatic heterocycles. The number of nitrogens with one attached hydrogen (secondary N) is 1. The van der Waals surface area contributed by atoms with Gasteiger partial charge in [-0.25, -0.2) is 13.4 Å². The fraction of sp³-hybridized carbons (Fsp3) is 0.250. The number of Topliss-reactive ketones (excluding diaryl/α,β-unsaturated/α-hetero) is 1. The van der Waals surface area contributed by atoms with Crippen LogP contribution in [0.4, 0.5) is 0 Å². The molecule has 7 nitrogen and oxygen atoms in total. The van der Waals surface area contributed by atoms with Crippen molar-refractivity contribution in [2.75, 3.05) is 12.3 Å². The van der Waals surface area contributed by atoms with Crippen LogP contribution in [-0.4, -0.2) is 48.3 Å². The highest BCUT2D eigenvalue weighted by Gasteiger charge is 2.31. The van der Waals surface area contributed by atoms with Crippen LogP contribution in [-0.2, 0) is 33.5 Å². The van der Waals surface area contributed by atoms with E-state index in [9.17, 15) is 18.0 Å². The summed E-state index contributed by atoms with van der Waals surface area (Å²) in [5.41, 5.74) is 3.48. The molecule has 0 fully saturated rings. The van der Waals surface area contributed by atoms with E-state index in [0.717, 1.165) is 21.3 Å². The van der Waals surface area contributed by atoms with E-state index in [0.29, 0.717) is 49.5 Å². The van der Waals surface area contributed by atoms with Crippen LogP contribution >= 0.6 is 11.3 Å². The van der Waals surface area contributed by atoms with E-state index < -0.39 is 15.9 Å². The standard InChI is InChI=1S/C36H37N3O4S2/c40-33(36-38-31-20-10-11-22-34(31)44-36)21-12-13-23-37-35(41)32(27-45(42,43)26-30-18-8-3-9-19-30)39(24-28-14-4-1-5-15-28)25-29-16-6-2-7-17-29/h1-11,14-20,22,32H,12-13,21,23-27H2,(H,37,41)/t32-/m0/s1. The number of fused-ring (bicyclic) bond motifs is 1. The van der Waals surface area contributed by atoms with Gasteiger partial charge in [-0.1, -0.05) is 103 Å². The molecule has 0 aliphatic rings. The number of para-hydroxylation sites is 1. The molecule has 0 spiro atoms. The van der Waals surface area contributed by atoms with Crippen molar-refractivity contribution in [1.82, 2.24) is 15.2 Å². The molecular weight excluding hydrogens is 603 g/mol. The zero-order valence-corrected chi connectivity index (χ0v) is 26.7. The van der Waals surface area contributed by atoms with Gasteiger partial charge in [-0.3, -0.25) is 14.5 Å². The maximum absolute atomic E-state index is 13.8. The Bertz CT molecular complexity index is 1720. The fourth-order valence-corrected chi connectivity index (χ4v) is 7.82. The Morgan fingerprint density at radius 3 is 1.89 bits per heavy atom. The van der Waals surface area contributed by atoms with Gasteiger partial charge in [0.2, 0.25) is 5.91 Å². The van der Waals surface area contributed by atoms with Crippen molar-refractivity contribution in [1.29, 1.82) is 0 Å². The van der Waals surface area contributed by atoms with Gasteiger partial charge in [-0.2, -0.15) is 0 Å². The summed E-state index contributed by atoms with van der Waals surface area (Å²) in [6.07, 6.45) is 1.51. The third-order valence-electron chi connectivity index (χ3n) is 7.50. The SMILES string of the molecule is O=C(CCCCNC(=O)[C@H](CS(=O)(=O)Cc1ccccc1)N(Cc1ccccc1)Cc1ccccc1)c1nc2ccccc2s1. The molecule has 0 unspecified atom stereocenters. The number of aromatic nitrogens is 1. The number of hydrogen-bond donors (Lipinski definition) is 1. The summed E-state index contributed by atoms with van der Waals surface area (Å²) in [6, 6.07) is 35.3. The second-order valence-corrected chi connectivity index (χ2v) is 14.2. The van der Waals surface area contributed by atoms with Crippen molar-refractivity contribution >= 4 is 43.1 Å². The van der Waals surface area contributed by atoms with Crippen LogP contribution in [0.5, 0.6) is 0 Å². The Morgan fingerprint density at radius 2 is 1.29 bits per heavy atom. The molecule has 232 valence electrons. The van der Waals surface area contributed by atoms with E-state index in [1.807, 2.05) is 108 Å². The second-order valence-electron chi connectivity index (χ2n) is 11.1. The van der Waals surface area contributed by atoms with Crippen LogP contribution in [0.15, 0.2) is 115 Å². The van der Waals surface area contributed by atoms with Crippen molar-refractivity contribution < 1.29 is 18.0 Å². The Balaban J connectivity index is 1.27. The molecule has 0 radical (unpaired) electrons. The van der Waals surface area contributed by atoms with E-state index in [1.54, 1.807) is 12.1 Å². The van der Waals surface area contributed by atoms with Crippen LogP contribution in [0.25, 0.3) is 10.2 Å². The number of carbonyl (C=O) groups is 2. The summed E-state index contributed by atoms with van der Waals surface area (Å²) in [5.74, 6) is -0.806. The number of benzene rings is 4. The third-order valence-corrected chi connectivity index (χ3v) is 10.2. The summed E-state index contributed by atoms with van der Waals surface area (Å²) >= 11 is 1.40. The molecule has 1 aromatic heterocycles. The first-order valence-electron chi connectivity index (χ1n) is 15.1. The summed E-state index contributed by atoms with van der Waals surface area (Å²) < 4.78 is 28.0. The average Bonchev–Trinajstić information content (AvgIpc) is 3.49. The number of unbranched alkanes of at least 4 members (excludes halogenated alkanes) is 1. The first kappa shape index (κ1) is 32.2. The molecule has 45 heavy (non-hydrogen) atoms. The third kappa shape index (κ3) is 9.65. The highest BCUT2D eigenvalue weighted by atomic mass is 32.2. The highest BCUT2D eigenvalue weighted by molar-refractivity contribution is 7.90. The topological polar surface area (TPSA) is 96.4 Å². The monoisotopic (exact) mass is 639 g/mol. The van der Waals surface area contributed by atoms with Crippen molar-refractivity contribution in [3.63, 3.8) is 0 Å². The van der Waals surface area contributed by atoms with Gasteiger partial charge in [0.25, 0.3) is 0 Å². The van der Waals surface area contributed by atoms with Gasteiger partial charge in [-0.05, 0) is 41.7 Å². The van der Waals surface area contributed by atoms with E-state index in [-0.39, 0.29) is 23.2 Å². The Morgan fingerprint density at radius 1 is 0.733 bits per heavy atom. The molecule has 1 heterocycles. The smallest absolute Gasteiger partial charge is 0.238 e. The van der Waals surface area contributed by atoms with Crippen LogP contribution in [0, 0.1) is 0 Å². The first-order valence-corrected chi connectivity index (χ1v) is 17.7. The fourth-order valence-electron chi connectivity index (χ4n) is 5.23. The zero-order valence-electron chi connectivity index (χ0n) is 25.0. The summed E-state index contributed by atoms with van der Waals surface area (Å²) in [6.45, 7) is 1.16. The molecular formula is C36H37N3O4S2. The number of carbonyl (C=O) groups excluding carboxylic acids is 2. The molecule has 1 N–H and O–H groups in total. The van der Waals surface area contributed by atoms with Crippen molar-refractivity contribution in [2.45, 2.75) is 44.1 Å². The normalized spacial score (nSPS) is 12.3. The second kappa shape index (κ2) is 15.7. The molecule has 5 rings (SSSR count). The lowest BCUT2D eigenvalue weighted by Crippen LogP contribution is -2.50. The molecule has 5 aromatic rings. The maximum atomic E-state index is 13.8. The van der Waals surface area contributed by atoms with E-state index in [2.05, 4.69) is 10.3 Å². The first-order chi connectivity index (χ1) is 21.9. The molecule has 4 aromatic carbocycles. The summed E-state index contributed by atoms with van der Waals surface area (Å²) in [5, 5.41) is 3.49. The van der Waals surface area contributed by atoms with Gasteiger partial charge >= 0.3 is 0 Å². The summed E-state index contributed by atoms with van der Waals surface area (Å²) in [7, 11) is -3.65. The zero-order chi connectivity index (χ0) is 31.5. The lowest BCUT2D eigenvalue weighted by Gasteiger charge is -2.31. The lowest BCUT2D eigenvalue weighted by molar-refractivity contribution is -0.126. The van der Waals surface area contributed by atoms with E-state index in [4.69, 9.17) is 0 Å². The average molecular weight is 640 g/mol. The maximum Gasteiger partial charge on any atom is 0.238 e. The van der Waals surface area contributed by atoms with Crippen LogP contribution < -0.4 is 5.32 Å².